The van der Waals surface area contributed by atoms with Gasteiger partial charge in [-0.25, -0.2) is 0 Å². The van der Waals surface area contributed by atoms with E-state index in [1.54, 1.807) is 7.11 Å². The Morgan fingerprint density at radius 1 is 1.60 bits per heavy atom. The maximum Gasteiger partial charge on any atom is 0.233 e. The number of hydrogen-bond donors (Lipinski definition) is 1. The Hall–Kier alpha value is -1.20. The summed E-state index contributed by atoms with van der Waals surface area (Å²) in [6.07, 6.45) is 4.68. The lowest BCUT2D eigenvalue weighted by Crippen LogP contribution is -2.14. The molecule has 1 heterocycles. The Morgan fingerprint density at radius 2 is 2.40 bits per heavy atom. The minimum atomic E-state index is -0.137. The first-order valence-electron chi connectivity index (χ1n) is 5.01. The molecule has 1 aliphatic rings. The average molecular weight is 209 g/mol. The zero-order valence-corrected chi connectivity index (χ0v) is 8.88. The van der Waals surface area contributed by atoms with Crippen LogP contribution in [0.15, 0.2) is 16.7 Å². The van der Waals surface area contributed by atoms with Gasteiger partial charge in [0.05, 0.1) is 5.92 Å². The van der Waals surface area contributed by atoms with E-state index < -0.39 is 0 Å². The van der Waals surface area contributed by atoms with E-state index in [4.69, 9.17) is 15.0 Å². The summed E-state index contributed by atoms with van der Waals surface area (Å²) in [5, 5.41) is 3.87. The van der Waals surface area contributed by atoms with Crippen LogP contribution >= 0.6 is 0 Å². The van der Waals surface area contributed by atoms with Crippen molar-refractivity contribution >= 4 is 0 Å². The number of rotatable bonds is 3. The standard InChI is InChI=1S/C10H15N3O2/c1-6(14-2)9-12-10(15-13-9)7-3-4-8(11)5-7/h3-4,6-8H,5,11H2,1-2H3. The summed E-state index contributed by atoms with van der Waals surface area (Å²) < 4.78 is 10.3. The molecule has 0 aromatic carbocycles. The second kappa shape index (κ2) is 4.12. The molecule has 5 heteroatoms. The fraction of sp³-hybridized carbons (Fsp3) is 0.600. The lowest BCUT2D eigenvalue weighted by atomic mass is 10.1. The van der Waals surface area contributed by atoms with Crippen molar-refractivity contribution in [2.24, 2.45) is 5.73 Å². The Bertz CT molecular complexity index is 361. The molecule has 15 heavy (non-hydrogen) atoms. The Labute approximate surface area is 88.3 Å². The molecule has 1 aromatic heterocycles. The molecule has 82 valence electrons. The van der Waals surface area contributed by atoms with Crippen molar-refractivity contribution in [1.29, 1.82) is 0 Å². The molecule has 0 bridgehead atoms. The van der Waals surface area contributed by atoms with E-state index in [-0.39, 0.29) is 18.1 Å². The van der Waals surface area contributed by atoms with Crippen molar-refractivity contribution in [3.8, 4) is 0 Å². The first-order valence-corrected chi connectivity index (χ1v) is 5.01. The van der Waals surface area contributed by atoms with Crippen molar-refractivity contribution in [2.75, 3.05) is 7.11 Å². The molecule has 0 spiro atoms. The number of nitrogens with zero attached hydrogens (tertiary/aromatic N) is 2. The van der Waals surface area contributed by atoms with Gasteiger partial charge in [-0.2, -0.15) is 4.98 Å². The number of hydrogen-bond acceptors (Lipinski definition) is 5. The minimum Gasteiger partial charge on any atom is -0.374 e. The lowest BCUT2D eigenvalue weighted by molar-refractivity contribution is 0.109. The van der Waals surface area contributed by atoms with Gasteiger partial charge >= 0.3 is 0 Å². The molecule has 2 N–H and O–H groups in total. The predicted octanol–water partition coefficient (Wildman–Crippen LogP) is 1.15. The van der Waals surface area contributed by atoms with E-state index in [9.17, 15) is 0 Å². The molecule has 0 amide bonds. The van der Waals surface area contributed by atoms with E-state index in [1.165, 1.54) is 0 Å². The van der Waals surface area contributed by atoms with Gasteiger partial charge in [0.2, 0.25) is 5.89 Å². The van der Waals surface area contributed by atoms with Crippen molar-refractivity contribution in [2.45, 2.75) is 31.4 Å². The molecule has 5 nitrogen and oxygen atoms in total. The molecule has 2 rings (SSSR count). The van der Waals surface area contributed by atoms with Gasteiger partial charge in [-0.3, -0.25) is 0 Å². The first kappa shape index (κ1) is 10.3. The maximum absolute atomic E-state index is 5.75. The van der Waals surface area contributed by atoms with Crippen molar-refractivity contribution in [1.82, 2.24) is 10.1 Å². The fourth-order valence-electron chi connectivity index (χ4n) is 1.58. The zero-order valence-electron chi connectivity index (χ0n) is 8.88. The summed E-state index contributed by atoms with van der Waals surface area (Å²) in [7, 11) is 1.62. The normalized spacial score (nSPS) is 27.1. The van der Waals surface area contributed by atoms with Gasteiger partial charge in [-0.15, -0.1) is 0 Å². The minimum absolute atomic E-state index is 0.102. The molecular weight excluding hydrogens is 194 g/mol. The third-order valence-corrected chi connectivity index (χ3v) is 2.61. The molecule has 0 aliphatic heterocycles. The quantitative estimate of drug-likeness (QED) is 0.756. The number of aromatic nitrogens is 2. The highest BCUT2D eigenvalue weighted by atomic mass is 16.5. The van der Waals surface area contributed by atoms with E-state index >= 15 is 0 Å². The largest absolute Gasteiger partial charge is 0.374 e. The molecule has 0 fully saturated rings. The maximum atomic E-state index is 5.75. The van der Waals surface area contributed by atoms with Gasteiger partial charge in [0.25, 0.3) is 0 Å². The topological polar surface area (TPSA) is 74.2 Å². The molecule has 0 saturated carbocycles. The molecule has 3 unspecified atom stereocenters. The molecule has 1 aromatic rings. The summed E-state index contributed by atoms with van der Waals surface area (Å²) in [6.45, 7) is 1.88. The van der Waals surface area contributed by atoms with Crippen LogP contribution < -0.4 is 5.73 Å². The first-order chi connectivity index (χ1) is 7.20. The summed E-state index contributed by atoms with van der Waals surface area (Å²) in [5.41, 5.74) is 5.75. The summed E-state index contributed by atoms with van der Waals surface area (Å²) >= 11 is 0. The van der Waals surface area contributed by atoms with Crippen LogP contribution in [0.25, 0.3) is 0 Å². The lowest BCUT2D eigenvalue weighted by Gasteiger charge is -2.03. The van der Waals surface area contributed by atoms with Crippen LogP contribution in [0.4, 0.5) is 0 Å². The predicted molar refractivity (Wildman–Crippen MR) is 54.2 cm³/mol. The van der Waals surface area contributed by atoms with E-state index in [1.807, 2.05) is 19.1 Å². The van der Waals surface area contributed by atoms with Crippen LogP contribution in [0.1, 0.15) is 37.1 Å². The van der Waals surface area contributed by atoms with Crippen LogP contribution in [0.2, 0.25) is 0 Å². The Kier molecular flexibility index (Phi) is 2.83. The number of methoxy groups -OCH3 is 1. The van der Waals surface area contributed by atoms with Crippen LogP contribution in [-0.2, 0) is 4.74 Å². The van der Waals surface area contributed by atoms with E-state index in [2.05, 4.69) is 10.1 Å². The summed E-state index contributed by atoms with van der Waals surface area (Å²) in [5.74, 6) is 1.37. The second-order valence-corrected chi connectivity index (χ2v) is 3.76. The molecule has 0 saturated heterocycles. The van der Waals surface area contributed by atoms with Crippen molar-refractivity contribution in [3.63, 3.8) is 0 Å². The van der Waals surface area contributed by atoms with Gasteiger partial charge in [0.15, 0.2) is 5.82 Å². The highest BCUT2D eigenvalue weighted by molar-refractivity contribution is 5.15. The Morgan fingerprint density at radius 3 is 3.00 bits per heavy atom. The van der Waals surface area contributed by atoms with Gasteiger partial charge in [-0.1, -0.05) is 17.3 Å². The third-order valence-electron chi connectivity index (χ3n) is 2.61. The number of ether oxygens (including phenoxy) is 1. The van der Waals surface area contributed by atoms with Crippen LogP contribution in [-0.4, -0.2) is 23.3 Å². The van der Waals surface area contributed by atoms with E-state index in [0.29, 0.717) is 11.7 Å². The molecular formula is C10H15N3O2. The van der Waals surface area contributed by atoms with Crippen molar-refractivity contribution in [3.05, 3.63) is 23.9 Å². The van der Waals surface area contributed by atoms with Gasteiger partial charge < -0.3 is 15.0 Å². The second-order valence-electron chi connectivity index (χ2n) is 3.76. The smallest absolute Gasteiger partial charge is 0.233 e. The third kappa shape index (κ3) is 2.08. The zero-order chi connectivity index (χ0) is 10.8. The number of nitrogens with two attached hydrogens (primary N) is 1. The SMILES string of the molecule is COC(C)c1noc(C2C=CC(N)C2)n1. The fourth-order valence-corrected chi connectivity index (χ4v) is 1.58. The Balaban J connectivity index is 2.10. The van der Waals surface area contributed by atoms with Crippen LogP contribution in [0, 0.1) is 0 Å². The van der Waals surface area contributed by atoms with Crippen LogP contribution in [0.5, 0.6) is 0 Å². The summed E-state index contributed by atoms with van der Waals surface area (Å²) in [6, 6.07) is 0.102. The molecule has 0 radical (unpaired) electrons. The highest BCUT2D eigenvalue weighted by Crippen LogP contribution is 2.27. The van der Waals surface area contributed by atoms with E-state index in [0.717, 1.165) is 6.42 Å². The van der Waals surface area contributed by atoms with Gasteiger partial charge in [0, 0.05) is 13.2 Å². The van der Waals surface area contributed by atoms with Gasteiger partial charge in [0.1, 0.15) is 6.10 Å². The molecule has 3 atom stereocenters. The van der Waals surface area contributed by atoms with Gasteiger partial charge in [-0.05, 0) is 13.3 Å². The monoisotopic (exact) mass is 209 g/mol. The average Bonchev–Trinajstić information content (AvgIpc) is 2.84. The number of allylic oxidation sites excluding steroid dienone is 1. The molecule has 1 aliphatic carbocycles. The highest BCUT2D eigenvalue weighted by Gasteiger charge is 2.24. The summed E-state index contributed by atoms with van der Waals surface area (Å²) in [4.78, 5) is 4.29. The van der Waals surface area contributed by atoms with Crippen molar-refractivity contribution < 1.29 is 9.26 Å². The van der Waals surface area contributed by atoms with Crippen LogP contribution in [0.3, 0.4) is 0 Å².